The van der Waals surface area contributed by atoms with Crippen LogP contribution in [0.2, 0.25) is 10.0 Å². The molecule has 0 saturated carbocycles. The number of nitrogens with one attached hydrogen (secondary N) is 1. The number of likely N-dealkylation sites (tertiary alicyclic amines) is 1. The van der Waals surface area contributed by atoms with Gasteiger partial charge in [0.25, 0.3) is 0 Å². The minimum absolute atomic E-state index is 0.281. The Kier molecular flexibility index (Phi) is 3.71. The van der Waals surface area contributed by atoms with E-state index in [1.165, 1.54) is 0 Å². The highest BCUT2D eigenvalue weighted by Gasteiger charge is 2.34. The van der Waals surface area contributed by atoms with Crippen molar-refractivity contribution in [3.8, 4) is 0 Å². The molecule has 1 saturated heterocycles. The van der Waals surface area contributed by atoms with Crippen molar-refractivity contribution in [1.29, 1.82) is 0 Å². The Balaban J connectivity index is 2.06. The van der Waals surface area contributed by atoms with Gasteiger partial charge in [-0.3, -0.25) is 0 Å². The smallest absolute Gasteiger partial charge is 0.321 e. The van der Waals surface area contributed by atoms with Crippen LogP contribution in [0.25, 0.3) is 0 Å². The van der Waals surface area contributed by atoms with Gasteiger partial charge in [0.15, 0.2) is 0 Å². The van der Waals surface area contributed by atoms with E-state index in [-0.39, 0.29) is 6.03 Å². The summed E-state index contributed by atoms with van der Waals surface area (Å²) in [6.07, 6.45) is 0.573. The summed E-state index contributed by atoms with van der Waals surface area (Å²) in [6.45, 7) is 2.56. The van der Waals surface area contributed by atoms with E-state index in [0.717, 1.165) is 0 Å². The van der Waals surface area contributed by atoms with Crippen LogP contribution in [-0.2, 0) is 0 Å². The van der Waals surface area contributed by atoms with Gasteiger partial charge in [0.05, 0.1) is 22.9 Å². The highest BCUT2D eigenvalue weighted by Crippen LogP contribution is 2.27. The summed E-state index contributed by atoms with van der Waals surface area (Å²) in [7, 11) is 0. The fourth-order valence-electron chi connectivity index (χ4n) is 1.91. The third-order valence-electron chi connectivity index (χ3n) is 2.91. The molecule has 2 rings (SSSR count). The number of aliphatic hydroxyl groups is 1. The van der Waals surface area contributed by atoms with Crippen LogP contribution in [0, 0.1) is 0 Å². The van der Waals surface area contributed by atoms with E-state index in [9.17, 15) is 9.90 Å². The third kappa shape index (κ3) is 3.07. The van der Waals surface area contributed by atoms with Gasteiger partial charge in [-0.2, -0.15) is 0 Å². The lowest BCUT2D eigenvalue weighted by Gasteiger charge is -2.19. The Morgan fingerprint density at radius 2 is 2.22 bits per heavy atom. The topological polar surface area (TPSA) is 52.6 Å². The van der Waals surface area contributed by atoms with Gasteiger partial charge in [-0.05, 0) is 31.5 Å². The number of benzene rings is 1. The average Bonchev–Trinajstić information content (AvgIpc) is 2.64. The van der Waals surface area contributed by atoms with Crippen molar-refractivity contribution in [2.45, 2.75) is 18.9 Å². The van der Waals surface area contributed by atoms with Crippen LogP contribution in [0.5, 0.6) is 0 Å². The van der Waals surface area contributed by atoms with Crippen LogP contribution in [0.4, 0.5) is 10.5 Å². The van der Waals surface area contributed by atoms with Gasteiger partial charge in [-0.15, -0.1) is 0 Å². The molecule has 1 fully saturated rings. The van der Waals surface area contributed by atoms with Gasteiger partial charge >= 0.3 is 6.03 Å². The van der Waals surface area contributed by atoms with E-state index in [4.69, 9.17) is 23.2 Å². The first kappa shape index (κ1) is 13.5. The van der Waals surface area contributed by atoms with Crippen LogP contribution >= 0.6 is 23.2 Å². The molecule has 1 atom stereocenters. The molecule has 0 aromatic heterocycles. The van der Waals surface area contributed by atoms with E-state index in [1.807, 2.05) is 0 Å². The summed E-state index contributed by atoms with van der Waals surface area (Å²) in [5, 5.41) is 13.4. The molecular weight excluding hydrogens is 275 g/mol. The molecule has 1 aromatic rings. The first-order chi connectivity index (χ1) is 8.37. The van der Waals surface area contributed by atoms with Crippen LogP contribution in [-0.4, -0.2) is 34.7 Å². The number of carbonyl (C=O) groups excluding carboxylic acids is 1. The molecule has 1 aromatic carbocycles. The van der Waals surface area contributed by atoms with Crippen molar-refractivity contribution < 1.29 is 9.90 Å². The summed E-state index contributed by atoms with van der Waals surface area (Å²) in [5.41, 5.74) is -0.337. The maximum atomic E-state index is 12.0. The molecule has 18 heavy (non-hydrogen) atoms. The maximum absolute atomic E-state index is 12.0. The minimum Gasteiger partial charge on any atom is -0.388 e. The van der Waals surface area contributed by atoms with Crippen molar-refractivity contribution in [2.24, 2.45) is 0 Å². The normalized spacial score (nSPS) is 23.2. The third-order valence-corrected chi connectivity index (χ3v) is 3.47. The zero-order valence-corrected chi connectivity index (χ0v) is 11.4. The van der Waals surface area contributed by atoms with Gasteiger partial charge in [0, 0.05) is 11.6 Å². The fraction of sp³-hybridized carbons (Fsp3) is 0.417. The molecule has 1 heterocycles. The zero-order chi connectivity index (χ0) is 13.3. The Labute approximate surface area is 115 Å². The molecule has 1 unspecified atom stereocenters. The molecule has 0 radical (unpaired) electrons. The number of β-amino-alcohol motifs (C(OH)–C–C–N with tert-alkyl or cyclic N) is 1. The minimum atomic E-state index is -0.810. The number of halogens is 2. The highest BCUT2D eigenvalue weighted by molar-refractivity contribution is 6.35. The number of nitrogens with zero attached hydrogens (tertiary/aromatic N) is 1. The van der Waals surface area contributed by atoms with Gasteiger partial charge in [0.1, 0.15) is 0 Å². The standard InChI is InChI=1S/C12H14Cl2N2O2/c1-12(18)4-5-16(7-12)11(17)15-10-6-8(13)2-3-9(10)14/h2-3,6,18H,4-5,7H2,1H3,(H,15,17). The lowest BCUT2D eigenvalue weighted by molar-refractivity contribution is 0.0727. The molecule has 2 amide bonds. The molecule has 2 N–H and O–H groups in total. The van der Waals surface area contributed by atoms with Crippen LogP contribution in [0.3, 0.4) is 0 Å². The summed E-state index contributed by atoms with van der Waals surface area (Å²) in [6, 6.07) is 4.59. The summed E-state index contributed by atoms with van der Waals surface area (Å²) in [5.74, 6) is 0. The number of urea groups is 1. The van der Waals surface area contributed by atoms with Crippen LogP contribution in [0.15, 0.2) is 18.2 Å². The van der Waals surface area contributed by atoms with Crippen molar-refractivity contribution in [2.75, 3.05) is 18.4 Å². The lowest BCUT2D eigenvalue weighted by atomic mass is 10.1. The first-order valence-corrected chi connectivity index (χ1v) is 6.36. The molecule has 4 nitrogen and oxygen atoms in total. The van der Waals surface area contributed by atoms with Crippen molar-refractivity contribution in [3.63, 3.8) is 0 Å². The Hall–Kier alpha value is -0.970. The second-order valence-corrected chi connectivity index (χ2v) is 5.57. The molecule has 1 aliphatic rings. The molecule has 6 heteroatoms. The van der Waals surface area contributed by atoms with Gasteiger partial charge < -0.3 is 15.3 Å². The van der Waals surface area contributed by atoms with Gasteiger partial charge in [0.2, 0.25) is 0 Å². The number of hydrogen-bond donors (Lipinski definition) is 2. The van der Waals surface area contributed by atoms with Crippen LogP contribution < -0.4 is 5.32 Å². The molecule has 1 aliphatic heterocycles. The lowest BCUT2D eigenvalue weighted by Crippen LogP contribution is -2.36. The first-order valence-electron chi connectivity index (χ1n) is 5.61. The molecule has 0 bridgehead atoms. The van der Waals surface area contributed by atoms with Crippen LogP contribution in [0.1, 0.15) is 13.3 Å². The highest BCUT2D eigenvalue weighted by atomic mass is 35.5. The van der Waals surface area contributed by atoms with Gasteiger partial charge in [-0.25, -0.2) is 4.79 Å². The quantitative estimate of drug-likeness (QED) is 0.835. The monoisotopic (exact) mass is 288 g/mol. The Morgan fingerprint density at radius 3 is 2.83 bits per heavy atom. The second kappa shape index (κ2) is 4.96. The summed E-state index contributed by atoms with van der Waals surface area (Å²) >= 11 is 11.8. The molecular formula is C12H14Cl2N2O2. The molecule has 98 valence electrons. The van der Waals surface area contributed by atoms with E-state index < -0.39 is 5.60 Å². The van der Waals surface area contributed by atoms with E-state index in [2.05, 4.69) is 5.32 Å². The number of hydrogen-bond acceptors (Lipinski definition) is 2. The maximum Gasteiger partial charge on any atom is 0.321 e. The Morgan fingerprint density at radius 1 is 1.50 bits per heavy atom. The summed E-state index contributed by atoms with van der Waals surface area (Å²) < 4.78 is 0. The molecule has 0 aliphatic carbocycles. The predicted molar refractivity (Wildman–Crippen MR) is 72.3 cm³/mol. The SMILES string of the molecule is CC1(O)CCN(C(=O)Nc2cc(Cl)ccc2Cl)C1. The van der Waals surface area contributed by atoms with Gasteiger partial charge in [-0.1, -0.05) is 23.2 Å². The summed E-state index contributed by atoms with van der Waals surface area (Å²) in [4.78, 5) is 13.5. The fourth-order valence-corrected chi connectivity index (χ4v) is 2.24. The number of anilines is 1. The largest absolute Gasteiger partial charge is 0.388 e. The van der Waals surface area contributed by atoms with E-state index in [0.29, 0.717) is 35.2 Å². The van der Waals surface area contributed by atoms with Crippen molar-refractivity contribution >= 4 is 34.9 Å². The number of rotatable bonds is 1. The Bertz CT molecular complexity index is 477. The predicted octanol–water partition coefficient (Wildman–Crippen LogP) is 2.98. The number of amides is 2. The van der Waals surface area contributed by atoms with E-state index in [1.54, 1.807) is 30.0 Å². The van der Waals surface area contributed by atoms with Crippen molar-refractivity contribution in [1.82, 2.24) is 4.90 Å². The number of carbonyl (C=O) groups is 1. The van der Waals surface area contributed by atoms with Crippen molar-refractivity contribution in [3.05, 3.63) is 28.2 Å². The molecule has 0 spiro atoms. The zero-order valence-electron chi connectivity index (χ0n) is 9.91. The second-order valence-electron chi connectivity index (χ2n) is 4.72. The van der Waals surface area contributed by atoms with E-state index >= 15 is 0 Å². The average molecular weight is 289 g/mol.